The first-order valence-corrected chi connectivity index (χ1v) is 21.4. The number of benzene rings is 4. The Hall–Kier alpha value is -3.38. The van der Waals surface area contributed by atoms with Gasteiger partial charge in [-0.1, -0.05) is 115 Å². The van der Waals surface area contributed by atoms with Crippen molar-refractivity contribution in [1.82, 2.24) is 0 Å². The molecule has 0 heterocycles. The molecule has 1 atom stereocenters. The maximum absolute atomic E-state index is 12.7. The van der Waals surface area contributed by atoms with E-state index in [1.807, 2.05) is 0 Å². The van der Waals surface area contributed by atoms with Gasteiger partial charge in [0.05, 0.1) is 0 Å². The molecular weight excluding hydrogens is 901 g/mol. The van der Waals surface area contributed by atoms with E-state index in [-0.39, 0.29) is 46.8 Å². The summed E-state index contributed by atoms with van der Waals surface area (Å²) >= 11 is 0.729. The van der Waals surface area contributed by atoms with Crippen LogP contribution in [0.15, 0.2) is 109 Å². The fourth-order valence-electron chi connectivity index (χ4n) is 8.54. The van der Waals surface area contributed by atoms with Gasteiger partial charge in [-0.15, -0.1) is 39.7 Å². The van der Waals surface area contributed by atoms with Gasteiger partial charge in [-0.05, 0) is 36.1 Å². The van der Waals surface area contributed by atoms with Gasteiger partial charge < -0.3 is 24.8 Å². The molecule has 0 amide bonds. The van der Waals surface area contributed by atoms with Crippen LogP contribution < -0.4 is 24.8 Å². The van der Waals surface area contributed by atoms with E-state index in [2.05, 4.69) is 130 Å². The van der Waals surface area contributed by atoms with Crippen molar-refractivity contribution in [2.24, 2.45) is 11.3 Å². The van der Waals surface area contributed by atoms with Gasteiger partial charge in [-0.25, -0.2) is 6.08 Å². The molecule has 0 radical (unpaired) electrons. The quantitative estimate of drug-likeness (QED) is 0.125. The Morgan fingerprint density at radius 1 is 0.689 bits per heavy atom. The predicted octanol–water partition coefficient (Wildman–Crippen LogP) is 9.70. The summed E-state index contributed by atoms with van der Waals surface area (Å²) in [6.07, 6.45) is 6.27. The van der Waals surface area contributed by atoms with Gasteiger partial charge in [0.25, 0.3) is 0 Å². The molecule has 8 rings (SSSR count). The van der Waals surface area contributed by atoms with E-state index in [4.69, 9.17) is 0 Å². The Kier molecular flexibility index (Phi) is 15.1. The zero-order valence-corrected chi connectivity index (χ0v) is 40.3. The van der Waals surface area contributed by atoms with Crippen LogP contribution in [0, 0.1) is 17.4 Å². The largest absolute Gasteiger partial charge is 1.00 e. The summed E-state index contributed by atoms with van der Waals surface area (Å²) in [6, 6.07) is 21.3. The molecule has 9 heteroatoms. The number of rotatable bonds is 4. The van der Waals surface area contributed by atoms with Crippen LogP contribution in [0.2, 0.25) is 0 Å². The molecule has 0 N–H and O–H groups in total. The average molecular weight is 953 g/mol. The van der Waals surface area contributed by atoms with E-state index < -0.39 is 23.5 Å². The van der Waals surface area contributed by atoms with Crippen LogP contribution in [0.1, 0.15) is 127 Å². The van der Waals surface area contributed by atoms with E-state index in [1.54, 1.807) is 0 Å². The fourth-order valence-corrected chi connectivity index (χ4v) is 9.31. The van der Waals surface area contributed by atoms with Crippen molar-refractivity contribution >= 4 is 35.9 Å². The SMILES string of the molecule is CC1=CC(C)(C)c2cc3[cH-]c4cc5c(cc4c3cc21)C(C)=CC5(C)C.CCCC1[C-]=CC(C(C)(C)C)=C1.FC(F)(F)c1cccc([C](=[Zr+2])c2cccc(C(F)(F)F)c2)c1.[Cl-].[Cl-]. The van der Waals surface area contributed by atoms with Crippen LogP contribution in [-0.4, -0.2) is 3.21 Å². The van der Waals surface area contributed by atoms with Crippen molar-refractivity contribution in [2.45, 2.75) is 105 Å². The molecular formula is C52H52Cl2F6Zr-2. The van der Waals surface area contributed by atoms with Crippen molar-refractivity contribution in [3.63, 3.8) is 0 Å². The molecule has 0 fully saturated rings. The van der Waals surface area contributed by atoms with Crippen LogP contribution in [0.4, 0.5) is 26.3 Å². The van der Waals surface area contributed by atoms with E-state index in [0.29, 0.717) is 14.5 Å². The van der Waals surface area contributed by atoms with Gasteiger partial charge in [0.15, 0.2) is 0 Å². The normalized spacial score (nSPS) is 17.1. The van der Waals surface area contributed by atoms with Crippen LogP contribution in [0.3, 0.4) is 0 Å². The third-order valence-corrected chi connectivity index (χ3v) is 13.0. The van der Waals surface area contributed by atoms with Gasteiger partial charge in [0.2, 0.25) is 0 Å². The van der Waals surface area contributed by atoms with Crippen LogP contribution in [0.5, 0.6) is 0 Å². The monoisotopic (exact) mass is 950 g/mol. The summed E-state index contributed by atoms with van der Waals surface area (Å²) in [5, 5.41) is 5.57. The number of halogens is 8. The van der Waals surface area contributed by atoms with E-state index in [0.717, 1.165) is 48.5 Å². The van der Waals surface area contributed by atoms with Crippen LogP contribution >= 0.6 is 0 Å². The van der Waals surface area contributed by atoms with Crippen molar-refractivity contribution in [3.8, 4) is 0 Å². The third kappa shape index (κ3) is 10.9. The summed E-state index contributed by atoms with van der Waals surface area (Å²) in [5.41, 5.74) is 9.54. The Balaban J connectivity index is 0.000000210. The minimum Gasteiger partial charge on any atom is -1.00 e. The Bertz CT molecular complexity index is 2420. The number of alkyl halides is 6. The Labute approximate surface area is 384 Å². The Morgan fingerprint density at radius 2 is 1.11 bits per heavy atom. The van der Waals surface area contributed by atoms with E-state index in [1.165, 1.54) is 97.6 Å². The number of hydrogen-bond donors (Lipinski definition) is 0. The molecule has 0 bridgehead atoms. The molecule has 322 valence electrons. The minimum atomic E-state index is -4.49. The van der Waals surface area contributed by atoms with Crippen molar-refractivity contribution in [1.29, 1.82) is 0 Å². The van der Waals surface area contributed by atoms with Gasteiger partial charge in [0, 0.05) is 10.8 Å². The smallest absolute Gasteiger partial charge is 1.00 e. The van der Waals surface area contributed by atoms with Crippen LogP contribution in [0.25, 0.3) is 32.7 Å². The van der Waals surface area contributed by atoms with Gasteiger partial charge in [0.1, 0.15) is 0 Å². The summed E-state index contributed by atoms with van der Waals surface area (Å²) in [7, 11) is 0. The molecule has 0 spiro atoms. The van der Waals surface area contributed by atoms with Crippen molar-refractivity contribution in [3.05, 3.63) is 159 Å². The molecule has 0 saturated carbocycles. The summed E-state index contributed by atoms with van der Waals surface area (Å²) < 4.78 is 76.7. The first-order valence-electron chi connectivity index (χ1n) is 20.2. The fraction of sp³-hybridized carbons (Fsp3) is 0.346. The molecule has 61 heavy (non-hydrogen) atoms. The average Bonchev–Trinajstić information content (AvgIpc) is 3.88. The number of fused-ring (bicyclic) bond motifs is 5. The zero-order valence-electron chi connectivity index (χ0n) is 36.3. The second-order valence-corrected chi connectivity index (χ2v) is 19.6. The first-order chi connectivity index (χ1) is 27.3. The topological polar surface area (TPSA) is 0 Å². The second kappa shape index (κ2) is 18.4. The molecule has 5 aromatic carbocycles. The van der Waals surface area contributed by atoms with E-state index in [9.17, 15) is 26.3 Å². The van der Waals surface area contributed by atoms with Crippen LogP contribution in [-0.2, 0) is 47.4 Å². The molecule has 0 nitrogen and oxygen atoms in total. The maximum atomic E-state index is 12.7. The van der Waals surface area contributed by atoms with Gasteiger partial charge in [-0.2, -0.15) is 11.6 Å². The number of hydrogen-bond acceptors (Lipinski definition) is 0. The molecule has 1 unspecified atom stereocenters. The third-order valence-electron chi connectivity index (χ3n) is 11.6. The predicted molar refractivity (Wildman–Crippen MR) is 230 cm³/mol. The summed E-state index contributed by atoms with van der Waals surface area (Å²) in [4.78, 5) is 0. The second-order valence-electron chi connectivity index (χ2n) is 18.3. The zero-order chi connectivity index (χ0) is 43.5. The van der Waals surface area contributed by atoms with Crippen molar-refractivity contribution in [2.75, 3.05) is 0 Å². The van der Waals surface area contributed by atoms with Gasteiger partial charge in [-0.3, -0.25) is 6.08 Å². The number of allylic oxidation sites excluding steroid dienone is 8. The van der Waals surface area contributed by atoms with Crippen molar-refractivity contribution < 1.29 is 75.4 Å². The summed E-state index contributed by atoms with van der Waals surface area (Å²) in [5.74, 6) is 0.587. The first kappa shape index (κ1) is 50.3. The molecule has 5 aromatic rings. The molecule has 3 aliphatic carbocycles. The standard InChI is InChI=1S/C25H25.C15H8F6.C12H19.2ClH.Zr/c1-14-12-24(3,4)22-8-16-7-17-9-23-19(15(2)13-25(23,5)6)11-21(17)20(16)10-18(14)22;16-14(17,18)12-5-1-3-10(8-12)7-11-4-2-6-13(9-11)15(19,20)21;1-5-6-10-7-8-11(9-10)12(2,3)4;;;/h7-13H,1-6H3;1-6,8-9H;8-10H,5-6H2,1-4H3;2*1H;/q-1;;-1;;;+2/p-2. The molecule has 3 aliphatic rings. The van der Waals surface area contributed by atoms with Gasteiger partial charge >= 0.3 is 137 Å². The minimum absolute atomic E-state index is 0. The Morgan fingerprint density at radius 3 is 1.48 bits per heavy atom. The molecule has 0 saturated heterocycles. The maximum Gasteiger partial charge on any atom is -1.00 e. The molecule has 0 aliphatic heterocycles. The van der Waals surface area contributed by atoms with E-state index >= 15 is 0 Å². The summed E-state index contributed by atoms with van der Waals surface area (Å²) in [6.45, 7) is 22.8. The molecule has 0 aromatic heterocycles.